The minimum Gasteiger partial charge on any atom is -0.390 e. The lowest BCUT2D eigenvalue weighted by Crippen LogP contribution is -2.53. The molecule has 6 heteroatoms. The predicted molar refractivity (Wildman–Crippen MR) is 137 cm³/mol. The Morgan fingerprint density at radius 3 is 1.85 bits per heavy atom. The number of ether oxygens (including phenoxy) is 1. The number of nitrogens with zero attached hydrogens (tertiary/aromatic N) is 1. The van der Waals surface area contributed by atoms with Crippen molar-refractivity contribution in [1.82, 2.24) is 5.01 Å². The molecular formula is C27H54N2O4. The van der Waals surface area contributed by atoms with E-state index in [-0.39, 0.29) is 17.1 Å². The molecule has 0 radical (unpaired) electrons. The molecular weight excluding hydrogens is 416 g/mol. The second kappa shape index (κ2) is 11.6. The molecule has 0 aliphatic heterocycles. The number of hydrogen-bond acceptors (Lipinski definition) is 5. The maximum absolute atomic E-state index is 13.7. The monoisotopic (exact) mass is 470 g/mol. The van der Waals surface area contributed by atoms with E-state index in [1.54, 1.807) is 6.92 Å². The van der Waals surface area contributed by atoms with Gasteiger partial charge in [-0.05, 0) is 63.7 Å². The number of hydrazine groups is 1. The molecule has 1 amide bonds. The summed E-state index contributed by atoms with van der Waals surface area (Å²) in [5.41, 5.74) is -2.42. The lowest BCUT2D eigenvalue weighted by Gasteiger charge is -2.40. The SMILES string of the molecule is CCC(C)(O)CCOC(C)(C)CCN(N)C(=O)C(C(=O)C(C)(C)CC(C)(C)C)C(C)(C)CC. The van der Waals surface area contributed by atoms with Crippen molar-refractivity contribution in [2.75, 3.05) is 13.2 Å². The molecule has 0 fully saturated rings. The van der Waals surface area contributed by atoms with Crippen LogP contribution in [0.1, 0.15) is 115 Å². The van der Waals surface area contributed by atoms with Crippen molar-refractivity contribution in [3.05, 3.63) is 0 Å². The van der Waals surface area contributed by atoms with Crippen LogP contribution >= 0.6 is 0 Å². The van der Waals surface area contributed by atoms with Crippen molar-refractivity contribution in [1.29, 1.82) is 0 Å². The summed E-state index contributed by atoms with van der Waals surface area (Å²) in [7, 11) is 0. The summed E-state index contributed by atoms with van der Waals surface area (Å²) in [6.45, 7) is 24.5. The zero-order chi connectivity index (χ0) is 26.5. The number of ketones is 1. The standard InChI is InChI=1S/C27H54N2O4/c1-13-24(6,7)20(21(30)25(8,9)19-23(3,4)5)22(31)29(28)17-15-26(10,11)33-18-16-27(12,32)14-2/h20,32H,13-19,28H2,1-12H3. The highest BCUT2D eigenvalue weighted by Gasteiger charge is 2.47. The van der Waals surface area contributed by atoms with Gasteiger partial charge < -0.3 is 9.84 Å². The quantitative estimate of drug-likeness (QED) is 0.151. The summed E-state index contributed by atoms with van der Waals surface area (Å²) >= 11 is 0. The molecule has 0 saturated heterocycles. The smallest absolute Gasteiger partial charge is 0.247 e. The van der Waals surface area contributed by atoms with E-state index < -0.39 is 27.9 Å². The van der Waals surface area contributed by atoms with Crippen LogP contribution in [0, 0.1) is 22.2 Å². The summed E-state index contributed by atoms with van der Waals surface area (Å²) in [5.74, 6) is 5.08. The van der Waals surface area contributed by atoms with E-state index in [4.69, 9.17) is 10.6 Å². The van der Waals surface area contributed by atoms with Gasteiger partial charge in [0.15, 0.2) is 5.78 Å². The van der Waals surface area contributed by atoms with Gasteiger partial charge in [0.05, 0.1) is 17.8 Å². The first kappa shape index (κ1) is 32.0. The third-order valence-electron chi connectivity index (χ3n) is 6.97. The fourth-order valence-electron chi connectivity index (χ4n) is 4.27. The van der Waals surface area contributed by atoms with E-state index in [9.17, 15) is 14.7 Å². The highest BCUT2D eigenvalue weighted by Crippen LogP contribution is 2.42. The molecule has 0 bridgehead atoms. The van der Waals surface area contributed by atoms with Crippen LogP contribution in [-0.4, -0.2) is 46.2 Å². The number of carbonyl (C=O) groups excluding carboxylic acids is 2. The summed E-state index contributed by atoms with van der Waals surface area (Å²) in [6.07, 6.45) is 3.12. The van der Waals surface area contributed by atoms with Crippen LogP contribution < -0.4 is 5.84 Å². The highest BCUT2D eigenvalue weighted by molar-refractivity contribution is 6.04. The average Bonchev–Trinajstić information content (AvgIpc) is 2.63. The second-order valence-electron chi connectivity index (χ2n) is 13.3. The molecule has 3 N–H and O–H groups in total. The van der Waals surface area contributed by atoms with Gasteiger partial charge >= 0.3 is 0 Å². The summed E-state index contributed by atoms with van der Waals surface area (Å²) in [6, 6.07) is 0. The van der Waals surface area contributed by atoms with Crippen LogP contribution in [0.3, 0.4) is 0 Å². The van der Waals surface area contributed by atoms with Crippen LogP contribution in [0.5, 0.6) is 0 Å². The molecule has 0 spiro atoms. The van der Waals surface area contributed by atoms with Gasteiger partial charge in [0, 0.05) is 12.0 Å². The first-order valence-electron chi connectivity index (χ1n) is 12.6. The van der Waals surface area contributed by atoms with Crippen molar-refractivity contribution in [3.8, 4) is 0 Å². The molecule has 6 nitrogen and oxygen atoms in total. The summed E-state index contributed by atoms with van der Waals surface area (Å²) in [4.78, 5) is 27.2. The summed E-state index contributed by atoms with van der Waals surface area (Å²) < 4.78 is 5.98. The lowest BCUT2D eigenvalue weighted by molar-refractivity contribution is -0.152. The number of aliphatic hydroxyl groups is 1. The van der Waals surface area contributed by atoms with E-state index >= 15 is 0 Å². The van der Waals surface area contributed by atoms with Crippen LogP contribution in [0.2, 0.25) is 0 Å². The fourth-order valence-corrected chi connectivity index (χ4v) is 4.27. The van der Waals surface area contributed by atoms with Crippen LogP contribution in [0.15, 0.2) is 0 Å². The van der Waals surface area contributed by atoms with E-state index in [0.29, 0.717) is 45.3 Å². The number of Topliss-reactive ketones (excluding diaryl/α,β-unsaturated/α-hetero) is 1. The molecule has 2 unspecified atom stereocenters. The van der Waals surface area contributed by atoms with E-state index in [0.717, 1.165) is 0 Å². The fraction of sp³-hybridized carbons (Fsp3) is 0.926. The number of rotatable bonds is 14. The Bertz CT molecular complexity index is 645. The number of carbonyl (C=O) groups is 2. The predicted octanol–water partition coefficient (Wildman–Crippen LogP) is 5.51. The number of amides is 1. The van der Waals surface area contributed by atoms with Gasteiger partial charge in [-0.2, -0.15) is 0 Å². The van der Waals surface area contributed by atoms with Gasteiger partial charge in [0.2, 0.25) is 5.91 Å². The Labute approximate surface area is 204 Å². The topological polar surface area (TPSA) is 92.9 Å². The van der Waals surface area contributed by atoms with Crippen LogP contribution in [0.4, 0.5) is 0 Å². The lowest BCUT2D eigenvalue weighted by atomic mass is 9.64. The molecule has 33 heavy (non-hydrogen) atoms. The second-order valence-corrected chi connectivity index (χ2v) is 13.3. The molecule has 2 atom stereocenters. The van der Waals surface area contributed by atoms with Gasteiger partial charge in [-0.1, -0.05) is 62.3 Å². The highest BCUT2D eigenvalue weighted by atomic mass is 16.5. The van der Waals surface area contributed by atoms with Crippen molar-refractivity contribution in [2.24, 2.45) is 28.0 Å². The third-order valence-corrected chi connectivity index (χ3v) is 6.97. The Hall–Kier alpha value is -0.980. The zero-order valence-electron chi connectivity index (χ0n) is 23.7. The van der Waals surface area contributed by atoms with Crippen molar-refractivity contribution in [2.45, 2.75) is 126 Å². The molecule has 0 aliphatic carbocycles. The number of nitrogens with two attached hydrogens (primary N) is 1. The number of hydrogen-bond donors (Lipinski definition) is 2. The van der Waals surface area contributed by atoms with Gasteiger partial charge in [-0.25, -0.2) is 5.84 Å². The Morgan fingerprint density at radius 1 is 0.909 bits per heavy atom. The normalized spacial score (nSPS) is 16.3. The molecule has 0 saturated carbocycles. The third kappa shape index (κ3) is 10.9. The Kier molecular flexibility index (Phi) is 11.3. The minimum atomic E-state index is -0.798. The van der Waals surface area contributed by atoms with Crippen LogP contribution in [-0.2, 0) is 14.3 Å². The van der Waals surface area contributed by atoms with Gasteiger partial charge in [0.1, 0.15) is 5.92 Å². The van der Waals surface area contributed by atoms with E-state index in [1.165, 1.54) is 5.01 Å². The van der Waals surface area contributed by atoms with E-state index in [2.05, 4.69) is 20.8 Å². The first-order chi connectivity index (χ1) is 14.6. The maximum atomic E-state index is 13.7. The molecule has 0 rings (SSSR count). The summed E-state index contributed by atoms with van der Waals surface area (Å²) in [5, 5.41) is 11.4. The maximum Gasteiger partial charge on any atom is 0.247 e. The van der Waals surface area contributed by atoms with Gasteiger partial charge in [-0.3, -0.25) is 14.6 Å². The van der Waals surface area contributed by atoms with Crippen molar-refractivity contribution >= 4 is 11.7 Å². The van der Waals surface area contributed by atoms with E-state index in [1.807, 2.05) is 55.4 Å². The molecule has 0 aromatic carbocycles. The Morgan fingerprint density at radius 2 is 1.42 bits per heavy atom. The molecule has 0 heterocycles. The molecule has 0 aliphatic rings. The van der Waals surface area contributed by atoms with Crippen molar-refractivity contribution < 1.29 is 19.4 Å². The molecule has 0 aromatic rings. The molecule has 196 valence electrons. The average molecular weight is 471 g/mol. The van der Waals surface area contributed by atoms with Gasteiger partial charge in [-0.15, -0.1) is 0 Å². The minimum absolute atomic E-state index is 0.0324. The van der Waals surface area contributed by atoms with Crippen LogP contribution in [0.25, 0.3) is 0 Å². The first-order valence-corrected chi connectivity index (χ1v) is 12.6. The Balaban J connectivity index is 5.41. The molecule has 0 aromatic heterocycles. The largest absolute Gasteiger partial charge is 0.390 e. The van der Waals surface area contributed by atoms with Crippen molar-refractivity contribution in [3.63, 3.8) is 0 Å². The van der Waals surface area contributed by atoms with Gasteiger partial charge in [0.25, 0.3) is 0 Å². The zero-order valence-corrected chi connectivity index (χ0v) is 23.7.